The van der Waals surface area contributed by atoms with Crippen LogP contribution < -0.4 is 19.7 Å². The molecule has 8 nitrogen and oxygen atoms in total. The van der Waals surface area contributed by atoms with Crippen molar-refractivity contribution in [3.63, 3.8) is 0 Å². The van der Waals surface area contributed by atoms with Gasteiger partial charge in [0.15, 0.2) is 11.5 Å². The summed E-state index contributed by atoms with van der Waals surface area (Å²) in [7, 11) is 0. The van der Waals surface area contributed by atoms with Crippen molar-refractivity contribution >= 4 is 22.6 Å². The predicted octanol–water partition coefficient (Wildman–Crippen LogP) is 3.96. The maximum Gasteiger partial charge on any atom is 0.252 e. The molecule has 0 bridgehead atoms. The van der Waals surface area contributed by atoms with E-state index in [2.05, 4.69) is 27.2 Å². The number of rotatable bonds is 7. The summed E-state index contributed by atoms with van der Waals surface area (Å²) in [5.41, 5.74) is 3.72. The number of fused-ring (bicyclic) bond motifs is 2. The zero-order valence-corrected chi connectivity index (χ0v) is 21.1. The van der Waals surface area contributed by atoms with Crippen molar-refractivity contribution in [2.24, 2.45) is 0 Å². The van der Waals surface area contributed by atoms with Crippen LogP contribution in [-0.4, -0.2) is 60.4 Å². The quantitative estimate of drug-likeness (QED) is 0.389. The molecule has 3 heterocycles. The molecule has 3 aromatic carbocycles. The van der Waals surface area contributed by atoms with Crippen LogP contribution in [0.2, 0.25) is 0 Å². The van der Waals surface area contributed by atoms with Gasteiger partial charge in [-0.2, -0.15) is 0 Å². The molecule has 2 aliphatic rings. The number of aromatic nitrogens is 1. The molecule has 194 valence electrons. The van der Waals surface area contributed by atoms with E-state index in [0.717, 1.165) is 66.5 Å². The Labute approximate surface area is 221 Å². The first-order valence-corrected chi connectivity index (χ1v) is 12.9. The molecule has 2 aliphatic heterocycles. The Bertz CT molecular complexity index is 1450. The van der Waals surface area contributed by atoms with Crippen LogP contribution in [0.3, 0.4) is 0 Å². The number of anilines is 1. The van der Waals surface area contributed by atoms with Gasteiger partial charge in [-0.15, -0.1) is 0 Å². The van der Waals surface area contributed by atoms with Crippen LogP contribution in [0.1, 0.15) is 21.5 Å². The molecule has 0 spiro atoms. The number of nitrogens with one attached hydrogen (secondary N) is 1. The van der Waals surface area contributed by atoms with E-state index in [1.54, 1.807) is 12.1 Å². The first-order valence-electron chi connectivity index (χ1n) is 12.9. The number of phenols is 1. The number of para-hydroxylation sites is 1. The maximum absolute atomic E-state index is 13.2. The second kappa shape index (κ2) is 10.6. The Kier molecular flexibility index (Phi) is 6.71. The van der Waals surface area contributed by atoms with Crippen molar-refractivity contribution in [2.75, 3.05) is 44.4 Å². The third-order valence-electron chi connectivity index (χ3n) is 7.12. The zero-order chi connectivity index (χ0) is 25.9. The fourth-order valence-electron chi connectivity index (χ4n) is 5.02. The number of nitrogens with zero attached hydrogens (tertiary/aromatic N) is 3. The van der Waals surface area contributed by atoms with E-state index in [-0.39, 0.29) is 18.4 Å². The normalized spacial score (nSPS) is 15.1. The van der Waals surface area contributed by atoms with Crippen LogP contribution in [0.5, 0.6) is 17.2 Å². The lowest BCUT2D eigenvalue weighted by molar-refractivity contribution is 0.0955. The van der Waals surface area contributed by atoms with Crippen molar-refractivity contribution < 1.29 is 19.4 Å². The molecular weight excluding hydrogens is 480 g/mol. The standard InChI is InChI=1S/C30H30N4O4/c35-23-8-5-21(6-9-23)11-12-31-30(36)25-18-29(32-26-4-2-1-3-24(25)26)34-15-13-33(14-16-34)19-22-7-10-27-28(17-22)38-20-37-27/h1-10,17-18,35H,11-16,19-20H2,(H,31,36). The number of hydrogen-bond donors (Lipinski definition) is 2. The van der Waals surface area contributed by atoms with Gasteiger partial charge >= 0.3 is 0 Å². The van der Waals surface area contributed by atoms with Crippen LogP contribution in [-0.2, 0) is 13.0 Å². The number of carbonyl (C=O) groups excluding carboxylic acids is 1. The van der Waals surface area contributed by atoms with Crippen molar-refractivity contribution in [1.82, 2.24) is 15.2 Å². The molecule has 1 saturated heterocycles. The zero-order valence-electron chi connectivity index (χ0n) is 21.1. The van der Waals surface area contributed by atoms with E-state index in [0.29, 0.717) is 18.5 Å². The molecule has 1 aromatic heterocycles. The summed E-state index contributed by atoms with van der Waals surface area (Å²) in [6, 6.07) is 22.9. The van der Waals surface area contributed by atoms with Crippen LogP contribution in [0.25, 0.3) is 10.9 Å². The summed E-state index contributed by atoms with van der Waals surface area (Å²) in [5.74, 6) is 2.58. The third kappa shape index (κ3) is 5.21. The molecule has 0 saturated carbocycles. The number of benzene rings is 3. The lowest BCUT2D eigenvalue weighted by Crippen LogP contribution is -2.46. The highest BCUT2D eigenvalue weighted by Gasteiger charge is 2.22. The summed E-state index contributed by atoms with van der Waals surface area (Å²) in [6.45, 7) is 5.11. The second-order valence-corrected chi connectivity index (χ2v) is 9.67. The summed E-state index contributed by atoms with van der Waals surface area (Å²) < 4.78 is 10.9. The van der Waals surface area contributed by atoms with Gasteiger partial charge < -0.3 is 24.8 Å². The molecule has 1 amide bonds. The first-order chi connectivity index (χ1) is 18.6. The van der Waals surface area contributed by atoms with Gasteiger partial charge in [-0.3, -0.25) is 9.69 Å². The fourth-order valence-corrected chi connectivity index (χ4v) is 5.02. The fraction of sp³-hybridized carbons (Fsp3) is 0.267. The van der Waals surface area contributed by atoms with Gasteiger partial charge in [0.05, 0.1) is 11.1 Å². The molecule has 0 aliphatic carbocycles. The van der Waals surface area contributed by atoms with Gasteiger partial charge in [-0.05, 0) is 53.9 Å². The molecule has 6 rings (SSSR count). The molecule has 1 fully saturated rings. The first kappa shape index (κ1) is 24.1. The average Bonchev–Trinajstić information content (AvgIpc) is 3.42. The Morgan fingerprint density at radius 3 is 2.50 bits per heavy atom. The van der Waals surface area contributed by atoms with E-state index in [1.165, 1.54) is 5.56 Å². The lowest BCUT2D eigenvalue weighted by atomic mass is 10.1. The molecule has 38 heavy (non-hydrogen) atoms. The third-order valence-corrected chi connectivity index (χ3v) is 7.12. The van der Waals surface area contributed by atoms with E-state index < -0.39 is 0 Å². The monoisotopic (exact) mass is 510 g/mol. The summed E-state index contributed by atoms with van der Waals surface area (Å²) >= 11 is 0. The highest BCUT2D eigenvalue weighted by molar-refractivity contribution is 6.07. The van der Waals surface area contributed by atoms with E-state index in [1.807, 2.05) is 48.5 Å². The number of hydrogen-bond acceptors (Lipinski definition) is 7. The highest BCUT2D eigenvalue weighted by atomic mass is 16.7. The summed E-state index contributed by atoms with van der Waals surface area (Å²) in [6.07, 6.45) is 0.688. The Balaban J connectivity index is 1.12. The number of aromatic hydroxyl groups is 1. The molecular formula is C30H30N4O4. The second-order valence-electron chi connectivity index (χ2n) is 9.67. The minimum Gasteiger partial charge on any atom is -0.508 e. The van der Waals surface area contributed by atoms with E-state index >= 15 is 0 Å². The lowest BCUT2D eigenvalue weighted by Gasteiger charge is -2.35. The minimum atomic E-state index is -0.106. The van der Waals surface area contributed by atoms with Crippen LogP contribution in [0.15, 0.2) is 72.8 Å². The molecule has 8 heteroatoms. The number of phenolic OH excluding ortho intramolecular Hbond substituents is 1. The molecule has 0 unspecified atom stereocenters. The van der Waals surface area contributed by atoms with Crippen LogP contribution in [0.4, 0.5) is 5.82 Å². The topological polar surface area (TPSA) is 87.2 Å². The van der Waals surface area contributed by atoms with Gasteiger partial charge in [0.25, 0.3) is 5.91 Å². The summed E-state index contributed by atoms with van der Waals surface area (Å²) in [4.78, 5) is 22.8. The van der Waals surface area contributed by atoms with E-state index in [4.69, 9.17) is 14.5 Å². The number of ether oxygens (including phenoxy) is 2. The summed E-state index contributed by atoms with van der Waals surface area (Å²) in [5, 5.41) is 13.4. The van der Waals surface area contributed by atoms with Crippen LogP contribution >= 0.6 is 0 Å². The smallest absolute Gasteiger partial charge is 0.252 e. The average molecular weight is 511 g/mol. The SMILES string of the molecule is O=C(NCCc1ccc(O)cc1)c1cc(N2CCN(Cc3ccc4c(c3)OCO4)CC2)nc2ccccc12. The predicted molar refractivity (Wildman–Crippen MR) is 146 cm³/mol. The van der Waals surface area contributed by atoms with Crippen molar-refractivity contribution in [3.05, 3.63) is 89.5 Å². The Morgan fingerprint density at radius 1 is 0.895 bits per heavy atom. The number of piperazine rings is 1. The molecule has 4 aromatic rings. The Hall–Kier alpha value is -4.30. The number of carbonyl (C=O) groups is 1. The van der Waals surface area contributed by atoms with Gasteiger partial charge in [0.2, 0.25) is 6.79 Å². The van der Waals surface area contributed by atoms with Crippen molar-refractivity contribution in [2.45, 2.75) is 13.0 Å². The molecule has 0 atom stereocenters. The van der Waals surface area contributed by atoms with Crippen LogP contribution in [0, 0.1) is 0 Å². The van der Waals surface area contributed by atoms with Gasteiger partial charge in [0, 0.05) is 44.7 Å². The maximum atomic E-state index is 13.2. The number of pyridine rings is 1. The van der Waals surface area contributed by atoms with Crippen molar-refractivity contribution in [3.8, 4) is 17.2 Å². The minimum absolute atomic E-state index is 0.106. The molecule has 0 radical (unpaired) electrons. The molecule has 2 N–H and O–H groups in total. The van der Waals surface area contributed by atoms with Crippen molar-refractivity contribution in [1.29, 1.82) is 0 Å². The largest absolute Gasteiger partial charge is 0.508 e. The van der Waals surface area contributed by atoms with Gasteiger partial charge in [0.1, 0.15) is 11.6 Å². The van der Waals surface area contributed by atoms with Gasteiger partial charge in [-0.25, -0.2) is 4.98 Å². The number of amides is 1. The van der Waals surface area contributed by atoms with E-state index in [9.17, 15) is 9.90 Å². The van der Waals surface area contributed by atoms with Gasteiger partial charge in [-0.1, -0.05) is 36.4 Å². The Morgan fingerprint density at radius 2 is 1.66 bits per heavy atom. The highest BCUT2D eigenvalue weighted by Crippen LogP contribution is 2.33.